The van der Waals surface area contributed by atoms with Crippen LogP contribution < -0.4 is 5.32 Å². The van der Waals surface area contributed by atoms with Crippen LogP contribution in [-0.4, -0.2) is 46.3 Å². The van der Waals surface area contributed by atoms with Gasteiger partial charge in [-0.3, -0.25) is 14.5 Å². The predicted octanol–water partition coefficient (Wildman–Crippen LogP) is 2.57. The van der Waals surface area contributed by atoms with Crippen molar-refractivity contribution in [1.29, 1.82) is 0 Å². The summed E-state index contributed by atoms with van der Waals surface area (Å²) in [6.45, 7) is 4.08. The highest BCUT2D eigenvalue weighted by Gasteiger charge is 2.42. The Morgan fingerprint density at radius 2 is 2.00 bits per heavy atom. The van der Waals surface area contributed by atoms with Crippen molar-refractivity contribution in [2.24, 2.45) is 0 Å². The Bertz CT molecular complexity index is 384. The maximum atomic E-state index is 12.5. The van der Waals surface area contributed by atoms with Gasteiger partial charge in [-0.25, -0.2) is 0 Å². The summed E-state index contributed by atoms with van der Waals surface area (Å²) < 4.78 is 0. The molecule has 1 N–H and O–H groups in total. The number of imide groups is 1. The highest BCUT2D eigenvalue weighted by Crippen LogP contribution is 2.28. The fourth-order valence-corrected chi connectivity index (χ4v) is 4.44. The first-order valence-electron chi connectivity index (χ1n) is 8.25. The summed E-state index contributed by atoms with van der Waals surface area (Å²) in [7, 11) is 0. The zero-order valence-electron chi connectivity index (χ0n) is 13.4. The number of hydrogen-bond donors (Lipinski definition) is 1. The first-order valence-corrected chi connectivity index (χ1v) is 9.54. The Labute approximate surface area is 132 Å². The van der Waals surface area contributed by atoms with Crippen LogP contribution in [0.1, 0.15) is 58.8 Å². The second-order valence-electron chi connectivity index (χ2n) is 6.22. The number of hydrogen-bond acceptors (Lipinski definition) is 4. The average molecular weight is 312 g/mol. The van der Waals surface area contributed by atoms with E-state index in [0.717, 1.165) is 25.7 Å². The fourth-order valence-electron chi connectivity index (χ4n) is 3.61. The molecule has 1 aliphatic heterocycles. The van der Waals surface area contributed by atoms with Crippen LogP contribution in [-0.2, 0) is 9.59 Å². The number of carbonyl (C=O) groups is 2. The Morgan fingerprint density at radius 1 is 1.29 bits per heavy atom. The van der Waals surface area contributed by atoms with Gasteiger partial charge >= 0.3 is 0 Å². The van der Waals surface area contributed by atoms with Gasteiger partial charge in [-0.1, -0.05) is 20.3 Å². The summed E-state index contributed by atoms with van der Waals surface area (Å²) in [6.07, 6.45) is 8.93. The molecule has 1 heterocycles. The molecule has 120 valence electrons. The number of thioether (sulfide) groups is 1. The third-order valence-electron chi connectivity index (χ3n) is 4.89. The number of carbonyl (C=O) groups excluding carboxylic acids is 2. The number of nitrogens with zero attached hydrogens (tertiary/aromatic N) is 1. The lowest BCUT2D eigenvalue weighted by Crippen LogP contribution is -2.47. The Morgan fingerprint density at radius 3 is 2.62 bits per heavy atom. The molecule has 3 unspecified atom stereocenters. The number of nitrogens with one attached hydrogen (secondary N) is 1. The zero-order chi connectivity index (χ0) is 15.4. The fraction of sp³-hybridized carbons (Fsp3) is 0.875. The van der Waals surface area contributed by atoms with E-state index in [1.807, 2.05) is 25.6 Å². The van der Waals surface area contributed by atoms with Crippen molar-refractivity contribution in [3.05, 3.63) is 0 Å². The van der Waals surface area contributed by atoms with Crippen molar-refractivity contribution in [2.45, 2.75) is 82.2 Å². The minimum Gasteiger partial charge on any atom is -0.303 e. The first kappa shape index (κ1) is 16.8. The van der Waals surface area contributed by atoms with Crippen molar-refractivity contribution in [3.8, 4) is 0 Å². The van der Waals surface area contributed by atoms with Crippen LogP contribution in [0.25, 0.3) is 0 Å². The summed E-state index contributed by atoms with van der Waals surface area (Å²) in [5.74, 6) is 0.00315. The molecule has 0 radical (unpaired) electrons. The van der Waals surface area contributed by atoms with Crippen LogP contribution in [0.3, 0.4) is 0 Å². The molecule has 0 aromatic rings. The van der Waals surface area contributed by atoms with Crippen molar-refractivity contribution in [3.63, 3.8) is 0 Å². The lowest BCUT2D eigenvalue weighted by Gasteiger charge is -2.30. The van der Waals surface area contributed by atoms with Gasteiger partial charge in [0.1, 0.15) is 0 Å². The lowest BCUT2D eigenvalue weighted by atomic mass is 9.94. The molecule has 5 heteroatoms. The highest BCUT2D eigenvalue weighted by molar-refractivity contribution is 7.99. The summed E-state index contributed by atoms with van der Waals surface area (Å²) in [6, 6.07) is 0.172. The van der Waals surface area contributed by atoms with Crippen molar-refractivity contribution >= 4 is 23.6 Å². The van der Waals surface area contributed by atoms with E-state index in [4.69, 9.17) is 0 Å². The normalized spacial score (nSPS) is 30.5. The van der Waals surface area contributed by atoms with Gasteiger partial charge in [0, 0.05) is 17.3 Å². The van der Waals surface area contributed by atoms with E-state index in [0.29, 0.717) is 17.7 Å². The number of likely N-dealkylation sites (tertiary alicyclic amines) is 1. The van der Waals surface area contributed by atoms with Crippen LogP contribution in [0.5, 0.6) is 0 Å². The zero-order valence-corrected chi connectivity index (χ0v) is 14.2. The molecule has 2 amide bonds. The SMILES string of the molecule is CCC(CC)N1C(=O)CC(NC2CCCC(SC)C2)C1=O. The second kappa shape index (κ2) is 7.63. The van der Waals surface area contributed by atoms with E-state index in [-0.39, 0.29) is 23.9 Å². The molecule has 1 saturated carbocycles. The van der Waals surface area contributed by atoms with Gasteiger partial charge in [0.2, 0.25) is 11.8 Å². The highest BCUT2D eigenvalue weighted by atomic mass is 32.2. The quantitative estimate of drug-likeness (QED) is 0.766. The standard InChI is InChI=1S/C16H28N2O2S/c1-4-12(5-2)18-15(19)10-14(16(18)20)17-11-7-6-8-13(9-11)21-3/h11-14,17H,4-10H2,1-3H3. The van der Waals surface area contributed by atoms with Crippen LogP contribution in [0.4, 0.5) is 0 Å². The average Bonchev–Trinajstić information content (AvgIpc) is 2.76. The lowest BCUT2D eigenvalue weighted by molar-refractivity contribution is -0.141. The Balaban J connectivity index is 1.96. The molecule has 0 aromatic carbocycles. The van der Waals surface area contributed by atoms with Gasteiger partial charge in [-0.2, -0.15) is 11.8 Å². The Hall–Kier alpha value is -0.550. The minimum atomic E-state index is -0.288. The first-order chi connectivity index (χ1) is 10.1. The van der Waals surface area contributed by atoms with E-state index in [1.165, 1.54) is 17.7 Å². The van der Waals surface area contributed by atoms with Gasteiger partial charge < -0.3 is 5.32 Å². The van der Waals surface area contributed by atoms with E-state index in [2.05, 4.69) is 11.6 Å². The largest absolute Gasteiger partial charge is 0.303 e. The maximum absolute atomic E-state index is 12.5. The summed E-state index contributed by atoms with van der Waals surface area (Å²) in [4.78, 5) is 26.2. The van der Waals surface area contributed by atoms with Gasteiger partial charge in [0.15, 0.2) is 0 Å². The van der Waals surface area contributed by atoms with Gasteiger partial charge in [0.25, 0.3) is 0 Å². The third-order valence-corrected chi connectivity index (χ3v) is 5.98. The van der Waals surface area contributed by atoms with Crippen molar-refractivity contribution in [2.75, 3.05) is 6.26 Å². The van der Waals surface area contributed by atoms with Gasteiger partial charge in [-0.05, 0) is 38.4 Å². The minimum absolute atomic E-state index is 0.0000231. The summed E-state index contributed by atoms with van der Waals surface area (Å²) in [5.41, 5.74) is 0. The van der Waals surface area contributed by atoms with E-state index in [9.17, 15) is 9.59 Å². The molecule has 1 saturated heterocycles. The molecule has 3 atom stereocenters. The number of amides is 2. The van der Waals surface area contributed by atoms with E-state index < -0.39 is 0 Å². The molecule has 2 aliphatic rings. The topological polar surface area (TPSA) is 49.4 Å². The molecule has 0 aromatic heterocycles. The Kier molecular flexibility index (Phi) is 6.11. The van der Waals surface area contributed by atoms with Crippen LogP contribution in [0.15, 0.2) is 0 Å². The monoisotopic (exact) mass is 312 g/mol. The molecule has 2 fully saturated rings. The molecular weight excluding hydrogens is 284 g/mol. The summed E-state index contributed by atoms with van der Waals surface area (Å²) >= 11 is 1.92. The molecule has 0 spiro atoms. The number of rotatable bonds is 6. The smallest absolute Gasteiger partial charge is 0.247 e. The van der Waals surface area contributed by atoms with Crippen LogP contribution in [0.2, 0.25) is 0 Å². The molecular formula is C16H28N2O2S. The van der Waals surface area contributed by atoms with Crippen molar-refractivity contribution in [1.82, 2.24) is 10.2 Å². The van der Waals surface area contributed by atoms with Gasteiger partial charge in [-0.15, -0.1) is 0 Å². The predicted molar refractivity (Wildman–Crippen MR) is 87.3 cm³/mol. The third kappa shape index (κ3) is 3.81. The molecule has 21 heavy (non-hydrogen) atoms. The van der Waals surface area contributed by atoms with Crippen LogP contribution >= 0.6 is 11.8 Å². The summed E-state index contributed by atoms with van der Waals surface area (Å²) in [5, 5.41) is 4.16. The van der Waals surface area contributed by atoms with Gasteiger partial charge in [0.05, 0.1) is 12.5 Å². The maximum Gasteiger partial charge on any atom is 0.247 e. The van der Waals surface area contributed by atoms with Crippen LogP contribution in [0, 0.1) is 0 Å². The van der Waals surface area contributed by atoms with E-state index in [1.54, 1.807) is 0 Å². The molecule has 0 bridgehead atoms. The van der Waals surface area contributed by atoms with Crippen molar-refractivity contribution < 1.29 is 9.59 Å². The molecule has 2 rings (SSSR count). The molecule has 1 aliphatic carbocycles. The van der Waals surface area contributed by atoms with E-state index >= 15 is 0 Å². The second-order valence-corrected chi connectivity index (χ2v) is 7.35. The molecule has 4 nitrogen and oxygen atoms in total.